The Hall–Kier alpha value is -1.07. The van der Waals surface area contributed by atoms with Crippen LogP contribution in [0, 0.1) is 5.82 Å². The lowest BCUT2D eigenvalue weighted by molar-refractivity contribution is -0.127. The third-order valence-electron chi connectivity index (χ3n) is 3.49. The van der Waals surface area contributed by atoms with E-state index in [-0.39, 0.29) is 11.7 Å². The van der Waals surface area contributed by atoms with Crippen LogP contribution in [0.2, 0.25) is 0 Å². The number of halogens is 1. The molecule has 1 aliphatic rings. The summed E-state index contributed by atoms with van der Waals surface area (Å²) < 4.78 is 12.8. The topological polar surface area (TPSA) is 32.3 Å². The van der Waals surface area contributed by atoms with Crippen LogP contribution in [0.1, 0.15) is 18.4 Å². The highest BCUT2D eigenvalue weighted by Gasteiger charge is 2.16. The van der Waals surface area contributed by atoms with Crippen LogP contribution in [0.3, 0.4) is 0 Å². The van der Waals surface area contributed by atoms with Crippen molar-refractivity contribution in [3.05, 3.63) is 35.6 Å². The van der Waals surface area contributed by atoms with Gasteiger partial charge in [-0.25, -0.2) is 4.39 Å². The molecule has 2 rings (SSSR count). The van der Waals surface area contributed by atoms with Gasteiger partial charge < -0.3 is 10.2 Å². The van der Waals surface area contributed by atoms with E-state index >= 15 is 0 Å². The Bertz CT molecular complexity index is 432. The summed E-state index contributed by atoms with van der Waals surface area (Å²) >= 11 is 1.76. The molecule has 110 valence electrons. The smallest absolute Gasteiger partial charge is 0.232 e. The number of thioether (sulfide) groups is 1. The lowest BCUT2D eigenvalue weighted by atomic mass is 10.2. The molecule has 0 bridgehead atoms. The predicted molar refractivity (Wildman–Crippen MR) is 81.2 cm³/mol. The molecule has 3 nitrogen and oxygen atoms in total. The van der Waals surface area contributed by atoms with Gasteiger partial charge in [-0.3, -0.25) is 4.79 Å². The summed E-state index contributed by atoms with van der Waals surface area (Å²) in [5, 5.41) is 3.92. The average Bonchev–Trinajstić information content (AvgIpc) is 2.48. The van der Waals surface area contributed by atoms with E-state index in [0.717, 1.165) is 31.5 Å². The van der Waals surface area contributed by atoms with E-state index in [9.17, 15) is 9.18 Å². The number of nitrogens with zero attached hydrogens (tertiary/aromatic N) is 1. The number of benzene rings is 1. The van der Waals surface area contributed by atoms with Crippen molar-refractivity contribution >= 4 is 17.7 Å². The predicted octanol–water partition coefficient (Wildman–Crippen LogP) is 2.27. The lowest BCUT2D eigenvalue weighted by Gasteiger charge is -2.23. The number of nitrogens with one attached hydrogen (secondary N) is 1. The van der Waals surface area contributed by atoms with Crippen molar-refractivity contribution in [2.45, 2.75) is 24.6 Å². The standard InChI is InChI=1S/C15H21FN2OS/c1-18(10-12-2-4-13(16)5-3-12)15(19)11-20-14-6-8-17-9-7-14/h2-5,14,17H,6-11H2,1H3. The van der Waals surface area contributed by atoms with Crippen molar-refractivity contribution in [2.75, 3.05) is 25.9 Å². The van der Waals surface area contributed by atoms with Gasteiger partial charge in [0.2, 0.25) is 5.91 Å². The average molecular weight is 296 g/mol. The third kappa shape index (κ3) is 4.80. The van der Waals surface area contributed by atoms with Gasteiger partial charge in [-0.05, 0) is 43.6 Å². The van der Waals surface area contributed by atoms with Gasteiger partial charge in [-0.1, -0.05) is 12.1 Å². The molecule has 5 heteroatoms. The number of carbonyl (C=O) groups is 1. The molecular weight excluding hydrogens is 275 g/mol. The van der Waals surface area contributed by atoms with Crippen molar-refractivity contribution in [1.29, 1.82) is 0 Å². The van der Waals surface area contributed by atoms with Gasteiger partial charge in [0.25, 0.3) is 0 Å². The maximum atomic E-state index is 12.8. The molecule has 0 unspecified atom stereocenters. The zero-order chi connectivity index (χ0) is 14.4. The second kappa shape index (κ2) is 7.64. The fourth-order valence-electron chi connectivity index (χ4n) is 2.21. The maximum absolute atomic E-state index is 12.8. The molecule has 20 heavy (non-hydrogen) atoms. The normalized spacial score (nSPS) is 16.1. The van der Waals surface area contributed by atoms with Gasteiger partial charge in [0, 0.05) is 18.8 Å². The molecule has 0 atom stereocenters. The van der Waals surface area contributed by atoms with Crippen LogP contribution in [0.5, 0.6) is 0 Å². The minimum atomic E-state index is -0.246. The zero-order valence-corrected chi connectivity index (χ0v) is 12.6. The van der Waals surface area contributed by atoms with E-state index in [0.29, 0.717) is 17.5 Å². The molecule has 1 aromatic carbocycles. The summed E-state index contributed by atoms with van der Waals surface area (Å²) in [5.74, 6) is 0.421. The van der Waals surface area contributed by atoms with E-state index in [1.54, 1.807) is 35.8 Å². The van der Waals surface area contributed by atoms with E-state index < -0.39 is 0 Å². The number of hydrogen-bond acceptors (Lipinski definition) is 3. The monoisotopic (exact) mass is 296 g/mol. The molecule has 1 heterocycles. The SMILES string of the molecule is CN(Cc1ccc(F)cc1)C(=O)CSC1CCNCC1. The first-order chi connectivity index (χ1) is 9.65. The summed E-state index contributed by atoms with van der Waals surface area (Å²) in [7, 11) is 1.80. The summed E-state index contributed by atoms with van der Waals surface area (Å²) in [6.07, 6.45) is 2.28. The first-order valence-corrected chi connectivity index (χ1v) is 8.01. The quantitative estimate of drug-likeness (QED) is 0.904. The van der Waals surface area contributed by atoms with E-state index in [1.807, 2.05) is 0 Å². The molecule has 1 aliphatic heterocycles. The summed E-state index contributed by atoms with van der Waals surface area (Å²) in [6.45, 7) is 2.64. The molecule has 0 spiro atoms. The molecular formula is C15H21FN2OS. The Balaban J connectivity index is 1.75. The molecule has 0 aromatic heterocycles. The van der Waals surface area contributed by atoms with Crippen LogP contribution in [-0.2, 0) is 11.3 Å². The van der Waals surface area contributed by atoms with Gasteiger partial charge in [0.15, 0.2) is 0 Å². The molecule has 0 aliphatic carbocycles. The number of rotatable bonds is 5. The highest BCUT2D eigenvalue weighted by Crippen LogP contribution is 2.20. The Labute approximate surface area is 123 Å². The van der Waals surface area contributed by atoms with E-state index in [4.69, 9.17) is 0 Å². The number of piperidine rings is 1. The largest absolute Gasteiger partial charge is 0.341 e. The van der Waals surface area contributed by atoms with Gasteiger partial charge in [-0.2, -0.15) is 0 Å². The molecule has 1 amide bonds. The van der Waals surface area contributed by atoms with E-state index in [2.05, 4.69) is 5.32 Å². The van der Waals surface area contributed by atoms with Crippen LogP contribution < -0.4 is 5.32 Å². The second-order valence-electron chi connectivity index (χ2n) is 5.14. The highest BCUT2D eigenvalue weighted by molar-refractivity contribution is 8.00. The van der Waals surface area contributed by atoms with Crippen molar-refractivity contribution in [2.24, 2.45) is 0 Å². The Morgan fingerprint density at radius 2 is 2.00 bits per heavy atom. The van der Waals surface area contributed by atoms with Gasteiger partial charge in [-0.15, -0.1) is 11.8 Å². The first kappa shape index (κ1) is 15.3. The first-order valence-electron chi connectivity index (χ1n) is 6.96. The minimum Gasteiger partial charge on any atom is -0.341 e. The van der Waals surface area contributed by atoms with Crippen molar-refractivity contribution < 1.29 is 9.18 Å². The fraction of sp³-hybridized carbons (Fsp3) is 0.533. The number of carbonyl (C=O) groups excluding carboxylic acids is 1. The Kier molecular flexibility index (Phi) is 5.86. The van der Waals surface area contributed by atoms with Crippen LogP contribution in [-0.4, -0.2) is 41.9 Å². The second-order valence-corrected chi connectivity index (χ2v) is 6.43. The van der Waals surface area contributed by atoms with Gasteiger partial charge >= 0.3 is 0 Å². The molecule has 1 saturated heterocycles. The summed E-state index contributed by atoms with van der Waals surface area (Å²) in [4.78, 5) is 13.8. The fourth-order valence-corrected chi connectivity index (χ4v) is 3.38. The molecule has 1 N–H and O–H groups in total. The maximum Gasteiger partial charge on any atom is 0.232 e. The lowest BCUT2D eigenvalue weighted by Crippen LogP contribution is -2.32. The highest BCUT2D eigenvalue weighted by atomic mass is 32.2. The number of amides is 1. The molecule has 0 radical (unpaired) electrons. The van der Waals surface area contributed by atoms with Gasteiger partial charge in [0.05, 0.1) is 5.75 Å². The summed E-state index contributed by atoms with van der Waals surface area (Å²) in [6, 6.07) is 6.30. The Morgan fingerprint density at radius 1 is 1.35 bits per heavy atom. The van der Waals surface area contributed by atoms with Crippen molar-refractivity contribution in [1.82, 2.24) is 10.2 Å². The van der Waals surface area contributed by atoms with Crippen LogP contribution in [0.15, 0.2) is 24.3 Å². The summed E-state index contributed by atoms with van der Waals surface area (Å²) in [5.41, 5.74) is 0.953. The number of hydrogen-bond donors (Lipinski definition) is 1. The molecule has 1 aromatic rings. The van der Waals surface area contributed by atoms with Gasteiger partial charge in [0.1, 0.15) is 5.82 Å². The van der Waals surface area contributed by atoms with Crippen molar-refractivity contribution in [3.8, 4) is 0 Å². The van der Waals surface area contributed by atoms with E-state index in [1.165, 1.54) is 12.1 Å². The van der Waals surface area contributed by atoms with Crippen LogP contribution in [0.25, 0.3) is 0 Å². The minimum absolute atomic E-state index is 0.137. The zero-order valence-electron chi connectivity index (χ0n) is 11.8. The van der Waals surface area contributed by atoms with Crippen LogP contribution in [0.4, 0.5) is 4.39 Å². The third-order valence-corrected chi connectivity index (χ3v) is 4.84. The van der Waals surface area contributed by atoms with Crippen LogP contribution >= 0.6 is 11.8 Å². The Morgan fingerprint density at radius 3 is 2.65 bits per heavy atom. The van der Waals surface area contributed by atoms with Crippen molar-refractivity contribution in [3.63, 3.8) is 0 Å². The molecule has 1 fully saturated rings. The molecule has 0 saturated carbocycles.